The molecule has 3 rings (SSSR count). The van der Waals surface area contributed by atoms with Crippen LogP contribution in [0.2, 0.25) is 0 Å². The smallest absolute Gasteiger partial charge is 0.288 e. The van der Waals surface area contributed by atoms with Gasteiger partial charge in [-0.05, 0) is 31.4 Å². The molecule has 1 N–H and O–H groups in total. The molecular weight excluding hydrogens is 292 g/mol. The van der Waals surface area contributed by atoms with E-state index in [2.05, 4.69) is 10.4 Å². The minimum absolute atomic E-state index is 0.141. The van der Waals surface area contributed by atoms with Crippen molar-refractivity contribution in [2.45, 2.75) is 36.0 Å². The van der Waals surface area contributed by atoms with Gasteiger partial charge in [0, 0.05) is 28.9 Å². The van der Waals surface area contributed by atoms with Crippen LogP contribution in [0.3, 0.4) is 0 Å². The lowest BCUT2D eigenvalue weighted by atomic mass is 9.93. The van der Waals surface area contributed by atoms with E-state index in [0.29, 0.717) is 16.7 Å². The Morgan fingerprint density at radius 3 is 3.00 bits per heavy atom. The Morgan fingerprint density at radius 2 is 2.19 bits per heavy atom. The number of nitrogens with one attached hydrogen (secondary N) is 1. The van der Waals surface area contributed by atoms with E-state index in [1.807, 2.05) is 30.1 Å². The van der Waals surface area contributed by atoms with Crippen molar-refractivity contribution in [1.82, 2.24) is 9.78 Å². The summed E-state index contributed by atoms with van der Waals surface area (Å²) in [6.45, 7) is 0. The maximum absolute atomic E-state index is 12.6. The third-order valence-electron chi connectivity index (χ3n) is 3.81. The quantitative estimate of drug-likeness (QED) is 0.857. The molecule has 6 heteroatoms. The minimum Gasteiger partial charge on any atom is -0.377 e. The van der Waals surface area contributed by atoms with Crippen LogP contribution in [-0.4, -0.2) is 15.5 Å². The Kier molecular flexibility index (Phi) is 4.14. The average Bonchev–Trinajstić information content (AvgIpc) is 2.83. The highest BCUT2D eigenvalue weighted by atomic mass is 32.2. The minimum atomic E-state index is -2.41. The van der Waals surface area contributed by atoms with E-state index in [9.17, 15) is 8.78 Å². The molecule has 0 bridgehead atoms. The van der Waals surface area contributed by atoms with Gasteiger partial charge in [0.15, 0.2) is 0 Å². The van der Waals surface area contributed by atoms with Gasteiger partial charge in [0.1, 0.15) is 0 Å². The second-order valence-electron chi connectivity index (χ2n) is 5.13. The standard InChI is InChI=1S/C15H17F2N3S/c1-20-13-7-4-6-11(10(13)9-18-20)19-12-5-2-3-8-14(12)21-15(16)17/h2-3,5,8-9,11,15,19H,4,6-7H2,1H3. The van der Waals surface area contributed by atoms with Gasteiger partial charge in [-0.25, -0.2) is 0 Å². The van der Waals surface area contributed by atoms with E-state index in [-0.39, 0.29) is 6.04 Å². The fraction of sp³-hybridized carbons (Fsp3) is 0.400. The molecule has 1 atom stereocenters. The monoisotopic (exact) mass is 309 g/mol. The molecule has 1 aromatic heterocycles. The molecule has 0 aliphatic heterocycles. The Bertz CT molecular complexity index is 627. The van der Waals surface area contributed by atoms with Gasteiger partial charge in [-0.2, -0.15) is 13.9 Å². The van der Waals surface area contributed by atoms with E-state index in [0.717, 1.165) is 24.9 Å². The third kappa shape index (κ3) is 3.05. The molecular formula is C15H17F2N3S. The zero-order valence-corrected chi connectivity index (χ0v) is 12.5. The fourth-order valence-corrected chi connectivity index (χ4v) is 3.43. The highest BCUT2D eigenvalue weighted by molar-refractivity contribution is 7.99. The first-order valence-corrected chi connectivity index (χ1v) is 7.84. The van der Waals surface area contributed by atoms with Crippen LogP contribution in [0.15, 0.2) is 35.4 Å². The Hall–Kier alpha value is -1.56. The van der Waals surface area contributed by atoms with Gasteiger partial charge in [0.2, 0.25) is 0 Å². The molecule has 1 aromatic carbocycles. The zero-order chi connectivity index (χ0) is 14.8. The first-order valence-electron chi connectivity index (χ1n) is 6.96. The Labute approximate surface area is 126 Å². The van der Waals surface area contributed by atoms with E-state index < -0.39 is 5.76 Å². The molecule has 0 saturated heterocycles. The second kappa shape index (κ2) is 6.05. The molecule has 1 aliphatic carbocycles. The number of thioether (sulfide) groups is 1. The van der Waals surface area contributed by atoms with Crippen LogP contribution in [-0.2, 0) is 13.5 Å². The fourth-order valence-electron chi connectivity index (χ4n) is 2.83. The second-order valence-corrected chi connectivity index (χ2v) is 6.17. The van der Waals surface area contributed by atoms with Crippen LogP contribution in [0.1, 0.15) is 30.1 Å². The lowest BCUT2D eigenvalue weighted by molar-refractivity contribution is 0.252. The van der Waals surface area contributed by atoms with Gasteiger partial charge >= 0.3 is 0 Å². The summed E-state index contributed by atoms with van der Waals surface area (Å²) in [6.07, 6.45) is 4.98. The highest BCUT2D eigenvalue weighted by Crippen LogP contribution is 2.37. The molecule has 0 spiro atoms. The number of hydrogen-bond acceptors (Lipinski definition) is 3. The summed E-state index contributed by atoms with van der Waals surface area (Å²) in [7, 11) is 1.95. The molecule has 2 aromatic rings. The van der Waals surface area contributed by atoms with Crippen LogP contribution < -0.4 is 5.32 Å². The van der Waals surface area contributed by atoms with E-state index >= 15 is 0 Å². The van der Waals surface area contributed by atoms with E-state index in [1.54, 1.807) is 12.1 Å². The summed E-state index contributed by atoms with van der Waals surface area (Å²) >= 11 is 0.583. The predicted molar refractivity (Wildman–Crippen MR) is 80.8 cm³/mol. The van der Waals surface area contributed by atoms with Gasteiger partial charge in [-0.15, -0.1) is 0 Å². The number of halogens is 2. The number of nitrogens with zero attached hydrogens (tertiary/aromatic N) is 2. The molecule has 112 valence electrons. The summed E-state index contributed by atoms with van der Waals surface area (Å²) in [4.78, 5) is 0.587. The summed E-state index contributed by atoms with van der Waals surface area (Å²) < 4.78 is 27.2. The molecule has 0 saturated carbocycles. The van der Waals surface area contributed by atoms with Gasteiger partial charge in [-0.3, -0.25) is 4.68 Å². The predicted octanol–water partition coefficient (Wildman–Crippen LogP) is 4.22. The number of aryl methyl sites for hydroxylation is 1. The van der Waals surface area contributed by atoms with Crippen LogP contribution >= 0.6 is 11.8 Å². The first-order chi connectivity index (χ1) is 10.1. The van der Waals surface area contributed by atoms with Crippen molar-refractivity contribution in [2.24, 2.45) is 7.05 Å². The van der Waals surface area contributed by atoms with Crippen molar-refractivity contribution in [1.29, 1.82) is 0 Å². The molecule has 21 heavy (non-hydrogen) atoms. The zero-order valence-electron chi connectivity index (χ0n) is 11.7. The van der Waals surface area contributed by atoms with Crippen LogP contribution in [0.5, 0.6) is 0 Å². The van der Waals surface area contributed by atoms with Crippen LogP contribution in [0.4, 0.5) is 14.5 Å². The summed E-state index contributed by atoms with van der Waals surface area (Å²) in [5, 5.41) is 7.73. The van der Waals surface area contributed by atoms with Crippen molar-refractivity contribution in [3.8, 4) is 0 Å². The SMILES string of the molecule is Cn1ncc2c1CCCC2Nc1ccccc1SC(F)F. The molecule has 3 nitrogen and oxygen atoms in total. The number of fused-ring (bicyclic) bond motifs is 1. The third-order valence-corrected chi connectivity index (χ3v) is 4.60. The molecule has 0 radical (unpaired) electrons. The summed E-state index contributed by atoms with van der Waals surface area (Å²) in [5.74, 6) is -2.41. The van der Waals surface area contributed by atoms with Gasteiger partial charge in [0.25, 0.3) is 5.76 Å². The average molecular weight is 309 g/mol. The van der Waals surface area contributed by atoms with Crippen molar-refractivity contribution >= 4 is 17.4 Å². The number of benzene rings is 1. The molecule has 0 fully saturated rings. The normalized spacial score (nSPS) is 17.8. The maximum Gasteiger partial charge on any atom is 0.288 e. The van der Waals surface area contributed by atoms with Crippen LogP contribution in [0.25, 0.3) is 0 Å². The van der Waals surface area contributed by atoms with Gasteiger partial charge in [0.05, 0.1) is 12.2 Å². The number of aromatic nitrogens is 2. The van der Waals surface area contributed by atoms with E-state index in [1.165, 1.54) is 11.3 Å². The number of alkyl halides is 2. The van der Waals surface area contributed by atoms with Crippen molar-refractivity contribution in [3.63, 3.8) is 0 Å². The number of rotatable bonds is 4. The lowest BCUT2D eigenvalue weighted by Crippen LogP contribution is -2.18. The van der Waals surface area contributed by atoms with Gasteiger partial charge < -0.3 is 5.32 Å². The van der Waals surface area contributed by atoms with Gasteiger partial charge in [-0.1, -0.05) is 23.9 Å². The Morgan fingerprint density at radius 1 is 1.38 bits per heavy atom. The summed E-state index contributed by atoms with van der Waals surface area (Å²) in [5.41, 5.74) is 3.18. The van der Waals surface area contributed by atoms with E-state index in [4.69, 9.17) is 0 Å². The topological polar surface area (TPSA) is 29.9 Å². The Balaban J connectivity index is 1.85. The highest BCUT2D eigenvalue weighted by Gasteiger charge is 2.24. The molecule has 0 amide bonds. The molecule has 1 aliphatic rings. The molecule has 1 heterocycles. The lowest BCUT2D eigenvalue weighted by Gasteiger charge is -2.25. The van der Waals surface area contributed by atoms with Crippen molar-refractivity contribution in [3.05, 3.63) is 41.7 Å². The first kappa shape index (κ1) is 14.4. The largest absolute Gasteiger partial charge is 0.377 e. The number of anilines is 1. The summed E-state index contributed by atoms with van der Waals surface area (Å²) in [6, 6.07) is 7.38. The van der Waals surface area contributed by atoms with Crippen molar-refractivity contribution in [2.75, 3.05) is 5.32 Å². The number of para-hydroxylation sites is 1. The van der Waals surface area contributed by atoms with Crippen LogP contribution in [0, 0.1) is 0 Å². The number of hydrogen-bond donors (Lipinski definition) is 1. The van der Waals surface area contributed by atoms with Crippen molar-refractivity contribution < 1.29 is 8.78 Å². The molecule has 1 unspecified atom stereocenters. The maximum atomic E-state index is 12.6.